The number of aromatic nitrogens is 3. The lowest BCUT2D eigenvalue weighted by atomic mass is 9.61. The molecule has 2 N–H and O–H groups in total. The molecule has 0 radical (unpaired) electrons. The molecule has 1 aromatic carbocycles. The van der Waals surface area contributed by atoms with E-state index < -0.39 is 5.60 Å². The van der Waals surface area contributed by atoms with Crippen molar-refractivity contribution >= 4 is 0 Å². The Morgan fingerprint density at radius 1 is 1.00 bits per heavy atom. The van der Waals surface area contributed by atoms with Gasteiger partial charge in [-0.3, -0.25) is 9.88 Å². The summed E-state index contributed by atoms with van der Waals surface area (Å²) in [5.41, 5.74) is 2.09. The van der Waals surface area contributed by atoms with Gasteiger partial charge in [0.2, 0.25) is 11.7 Å². The fourth-order valence-electron chi connectivity index (χ4n) is 6.35. The maximum absolute atomic E-state index is 12.6. The molecular formula is C30H38N4O3. The Bertz CT molecular complexity index is 1240. The average Bonchev–Trinajstić information content (AvgIpc) is 3.62. The summed E-state index contributed by atoms with van der Waals surface area (Å²) in [5.74, 6) is 1.72. The number of likely N-dealkylation sites (tertiary alicyclic amines) is 1. The van der Waals surface area contributed by atoms with Crippen LogP contribution in [0.5, 0.6) is 0 Å². The third-order valence-corrected chi connectivity index (χ3v) is 8.94. The molecule has 0 unspecified atom stereocenters. The number of benzene rings is 1. The first kappa shape index (κ1) is 24.7. The predicted octanol–water partition coefficient (Wildman–Crippen LogP) is 4.99. The molecule has 3 fully saturated rings. The maximum Gasteiger partial charge on any atom is 0.230 e. The number of rotatable bonds is 7. The summed E-state index contributed by atoms with van der Waals surface area (Å²) in [5, 5.41) is 26.7. The van der Waals surface area contributed by atoms with Gasteiger partial charge in [-0.15, -0.1) is 0 Å². The van der Waals surface area contributed by atoms with E-state index in [9.17, 15) is 10.2 Å². The molecule has 196 valence electrons. The third-order valence-electron chi connectivity index (χ3n) is 8.94. The number of aliphatic hydroxyl groups excluding tert-OH is 1. The molecule has 7 heteroatoms. The molecule has 3 heterocycles. The molecule has 3 aromatic rings. The summed E-state index contributed by atoms with van der Waals surface area (Å²) in [7, 11) is 0. The van der Waals surface area contributed by atoms with Crippen LogP contribution in [0.4, 0.5) is 0 Å². The molecule has 0 bridgehead atoms. The maximum atomic E-state index is 12.6. The van der Waals surface area contributed by atoms with Crippen LogP contribution in [0.25, 0.3) is 11.4 Å². The molecule has 2 aliphatic carbocycles. The van der Waals surface area contributed by atoms with Crippen molar-refractivity contribution in [2.45, 2.75) is 88.9 Å². The Balaban J connectivity index is 1.34. The minimum atomic E-state index is -1.21. The quantitative estimate of drug-likeness (QED) is 0.470. The molecule has 1 aliphatic heterocycles. The fourth-order valence-corrected chi connectivity index (χ4v) is 6.35. The van der Waals surface area contributed by atoms with Gasteiger partial charge in [0.05, 0.1) is 6.10 Å². The highest BCUT2D eigenvalue weighted by atomic mass is 16.5. The van der Waals surface area contributed by atoms with Crippen molar-refractivity contribution in [1.82, 2.24) is 20.0 Å². The summed E-state index contributed by atoms with van der Waals surface area (Å²) in [6, 6.07) is 11.1. The Labute approximate surface area is 218 Å². The number of aliphatic hydroxyl groups is 2. The topological polar surface area (TPSA) is 95.5 Å². The normalized spacial score (nSPS) is 25.6. The molecule has 2 saturated carbocycles. The second-order valence-electron chi connectivity index (χ2n) is 12.1. The van der Waals surface area contributed by atoms with Crippen molar-refractivity contribution in [2.75, 3.05) is 13.1 Å². The summed E-state index contributed by atoms with van der Waals surface area (Å²) < 4.78 is 5.65. The third kappa shape index (κ3) is 4.41. The van der Waals surface area contributed by atoms with Crippen LogP contribution in [-0.4, -0.2) is 55.5 Å². The molecule has 3 aliphatic rings. The number of hydrogen-bond donors (Lipinski definition) is 2. The molecule has 7 nitrogen and oxygen atoms in total. The fraction of sp³-hybridized carbons (Fsp3) is 0.567. The van der Waals surface area contributed by atoms with Crippen LogP contribution in [0.15, 0.2) is 47.2 Å². The Morgan fingerprint density at radius 3 is 2.35 bits per heavy atom. The molecular weight excluding hydrogens is 464 g/mol. The van der Waals surface area contributed by atoms with Crippen LogP contribution in [0, 0.1) is 5.41 Å². The molecule has 37 heavy (non-hydrogen) atoms. The lowest BCUT2D eigenvalue weighted by molar-refractivity contribution is -0.138. The van der Waals surface area contributed by atoms with Gasteiger partial charge in [0, 0.05) is 54.0 Å². The standard InChI is InChI=1S/C30H38N4O3/c1-19(2)20-4-8-23(9-5-20)30(36,29(3)17-34(18-29)25-10-11-25)24-14-22(15-31-16-24)27-32-28(37-33-27)21-6-12-26(35)13-7-21/h4-5,8-9,14-16,19,21,25-26,35-36H,6-7,10-13,17-18H2,1-3H3/t21-,26-,30-/m0/s1. The van der Waals surface area contributed by atoms with Gasteiger partial charge in [-0.25, -0.2) is 0 Å². The minimum Gasteiger partial charge on any atom is -0.393 e. The molecule has 2 aromatic heterocycles. The Hall–Kier alpha value is -2.61. The monoisotopic (exact) mass is 502 g/mol. The summed E-state index contributed by atoms with van der Waals surface area (Å²) in [4.78, 5) is 11.7. The summed E-state index contributed by atoms with van der Waals surface area (Å²) in [6.07, 6.45) is 9.04. The molecule has 0 amide bonds. The summed E-state index contributed by atoms with van der Waals surface area (Å²) >= 11 is 0. The van der Waals surface area contributed by atoms with Crippen LogP contribution < -0.4 is 0 Å². The lowest BCUT2D eigenvalue weighted by Gasteiger charge is -2.57. The van der Waals surface area contributed by atoms with Crippen LogP contribution in [0.2, 0.25) is 0 Å². The predicted molar refractivity (Wildman–Crippen MR) is 141 cm³/mol. The van der Waals surface area contributed by atoms with E-state index in [-0.39, 0.29) is 17.4 Å². The van der Waals surface area contributed by atoms with E-state index in [2.05, 4.69) is 60.1 Å². The molecule has 0 spiro atoms. The van der Waals surface area contributed by atoms with E-state index in [1.807, 2.05) is 6.07 Å². The SMILES string of the molecule is CC(C)c1ccc([C@](O)(c2cncc(-c3noc([C@H]4CC[C@H](O)CC4)n3)c2)C2(C)CN(C3CC3)C2)cc1. The van der Waals surface area contributed by atoms with Gasteiger partial charge >= 0.3 is 0 Å². The van der Waals surface area contributed by atoms with E-state index >= 15 is 0 Å². The van der Waals surface area contributed by atoms with E-state index in [1.54, 1.807) is 12.4 Å². The van der Waals surface area contributed by atoms with Crippen molar-refractivity contribution in [1.29, 1.82) is 0 Å². The van der Waals surface area contributed by atoms with Gasteiger partial charge in [-0.2, -0.15) is 4.98 Å². The smallest absolute Gasteiger partial charge is 0.230 e. The van der Waals surface area contributed by atoms with Crippen LogP contribution in [0.3, 0.4) is 0 Å². The number of pyridine rings is 1. The van der Waals surface area contributed by atoms with Crippen LogP contribution in [-0.2, 0) is 5.60 Å². The first-order chi connectivity index (χ1) is 17.8. The van der Waals surface area contributed by atoms with E-state index in [4.69, 9.17) is 9.51 Å². The van der Waals surface area contributed by atoms with Gasteiger partial charge in [0.25, 0.3) is 0 Å². The van der Waals surface area contributed by atoms with Crippen LogP contribution >= 0.6 is 0 Å². The zero-order valence-corrected chi connectivity index (χ0v) is 22.1. The zero-order valence-electron chi connectivity index (χ0n) is 22.1. The summed E-state index contributed by atoms with van der Waals surface area (Å²) in [6.45, 7) is 8.27. The first-order valence-electron chi connectivity index (χ1n) is 13.8. The molecule has 1 saturated heterocycles. The minimum absolute atomic E-state index is 0.180. The van der Waals surface area contributed by atoms with Crippen molar-refractivity contribution < 1.29 is 14.7 Å². The second-order valence-corrected chi connectivity index (χ2v) is 12.1. The number of hydrogen-bond acceptors (Lipinski definition) is 7. The van der Waals surface area contributed by atoms with Gasteiger partial charge in [0.15, 0.2) is 0 Å². The average molecular weight is 503 g/mol. The Kier molecular flexibility index (Phi) is 6.21. The molecule has 1 atom stereocenters. The van der Waals surface area contributed by atoms with Gasteiger partial charge in [0.1, 0.15) is 5.60 Å². The van der Waals surface area contributed by atoms with Gasteiger partial charge in [-0.1, -0.05) is 50.2 Å². The van der Waals surface area contributed by atoms with Gasteiger partial charge in [-0.05, 0) is 61.6 Å². The highest BCUT2D eigenvalue weighted by Gasteiger charge is 2.58. The van der Waals surface area contributed by atoms with Crippen molar-refractivity contribution in [3.63, 3.8) is 0 Å². The highest BCUT2D eigenvalue weighted by molar-refractivity contribution is 5.56. The Morgan fingerprint density at radius 2 is 1.70 bits per heavy atom. The van der Waals surface area contributed by atoms with E-state index in [1.165, 1.54) is 18.4 Å². The van der Waals surface area contributed by atoms with Crippen molar-refractivity contribution in [3.05, 3.63) is 65.3 Å². The largest absolute Gasteiger partial charge is 0.393 e. The molecule has 6 rings (SSSR count). The highest BCUT2D eigenvalue weighted by Crippen LogP contribution is 2.53. The number of nitrogens with zero attached hydrogens (tertiary/aromatic N) is 4. The van der Waals surface area contributed by atoms with E-state index in [0.29, 0.717) is 23.7 Å². The first-order valence-corrected chi connectivity index (χ1v) is 13.8. The van der Waals surface area contributed by atoms with E-state index in [0.717, 1.165) is 55.5 Å². The van der Waals surface area contributed by atoms with Crippen LogP contribution in [0.1, 0.15) is 93.7 Å². The lowest BCUT2D eigenvalue weighted by Crippen LogP contribution is -2.65. The second kappa shape index (κ2) is 9.29. The van der Waals surface area contributed by atoms with Crippen molar-refractivity contribution in [2.24, 2.45) is 5.41 Å². The van der Waals surface area contributed by atoms with Crippen molar-refractivity contribution in [3.8, 4) is 11.4 Å². The van der Waals surface area contributed by atoms with Gasteiger partial charge < -0.3 is 14.7 Å². The zero-order chi connectivity index (χ0) is 25.8.